The molecule has 1 fully saturated rings. The second kappa shape index (κ2) is 4.53. The monoisotopic (exact) mass is 302 g/mol. The minimum atomic E-state index is 0.348. The Hall–Kier alpha value is -0.280. The molecule has 0 saturated heterocycles. The second-order valence-corrected chi connectivity index (χ2v) is 6.35. The quantitative estimate of drug-likeness (QED) is 0.871. The Morgan fingerprint density at radius 1 is 1.56 bits per heavy atom. The van der Waals surface area contributed by atoms with E-state index in [0.717, 1.165) is 10.3 Å². The second-order valence-electron chi connectivity index (χ2n) is 5.06. The van der Waals surface area contributed by atoms with Crippen molar-refractivity contribution in [3.8, 4) is 0 Å². The number of hydrogen-bond acceptors (Lipinski definition) is 2. The van der Waals surface area contributed by atoms with Crippen molar-refractivity contribution >= 4 is 33.3 Å². The zero-order valence-corrected chi connectivity index (χ0v) is 11.9. The van der Waals surface area contributed by atoms with Gasteiger partial charge in [0.05, 0.1) is 9.50 Å². The average molecular weight is 304 g/mol. The van der Waals surface area contributed by atoms with E-state index in [1.807, 2.05) is 6.07 Å². The third-order valence-electron chi connectivity index (χ3n) is 3.38. The van der Waals surface area contributed by atoms with E-state index in [-0.39, 0.29) is 0 Å². The smallest absolute Gasteiger partial charge is 0.140 e. The normalized spacial score (nSPS) is 23.4. The predicted molar refractivity (Wildman–Crippen MR) is 72.0 cm³/mol. The lowest BCUT2D eigenvalue weighted by atomic mass is 9.87. The molecule has 0 aromatic carbocycles. The minimum Gasteiger partial charge on any atom is -0.366 e. The first-order valence-corrected chi connectivity index (χ1v) is 6.74. The van der Waals surface area contributed by atoms with E-state index in [2.05, 4.69) is 40.1 Å². The summed E-state index contributed by atoms with van der Waals surface area (Å²) in [6.07, 6.45) is 5.45. The van der Waals surface area contributed by atoms with Crippen molar-refractivity contribution in [2.75, 3.05) is 5.32 Å². The third kappa shape index (κ3) is 2.51. The molecule has 2 nitrogen and oxygen atoms in total. The highest BCUT2D eigenvalue weighted by Crippen LogP contribution is 2.39. The van der Waals surface area contributed by atoms with Crippen LogP contribution in [0.1, 0.15) is 33.1 Å². The first-order valence-electron chi connectivity index (χ1n) is 5.56. The Kier molecular flexibility index (Phi) is 3.45. The van der Waals surface area contributed by atoms with Gasteiger partial charge in [0, 0.05) is 12.2 Å². The van der Waals surface area contributed by atoms with Crippen LogP contribution in [-0.2, 0) is 0 Å². The summed E-state index contributed by atoms with van der Waals surface area (Å²) in [5.74, 6) is 0.893. The van der Waals surface area contributed by atoms with Gasteiger partial charge in [0.15, 0.2) is 0 Å². The SMILES string of the molecule is CC1(C)CCCC1Nc1ncc(Cl)cc1Br. The van der Waals surface area contributed by atoms with Gasteiger partial charge >= 0.3 is 0 Å². The van der Waals surface area contributed by atoms with Crippen LogP contribution in [-0.4, -0.2) is 11.0 Å². The van der Waals surface area contributed by atoms with E-state index >= 15 is 0 Å². The first-order chi connectivity index (χ1) is 7.49. The summed E-state index contributed by atoms with van der Waals surface area (Å²) < 4.78 is 0.933. The summed E-state index contributed by atoms with van der Waals surface area (Å²) >= 11 is 9.35. The van der Waals surface area contributed by atoms with Crippen LogP contribution in [0.5, 0.6) is 0 Å². The fourth-order valence-electron chi connectivity index (χ4n) is 2.28. The van der Waals surface area contributed by atoms with E-state index < -0.39 is 0 Å². The van der Waals surface area contributed by atoms with E-state index in [0.29, 0.717) is 16.5 Å². The van der Waals surface area contributed by atoms with E-state index in [9.17, 15) is 0 Å². The van der Waals surface area contributed by atoms with Crippen molar-refractivity contribution < 1.29 is 0 Å². The largest absolute Gasteiger partial charge is 0.366 e. The van der Waals surface area contributed by atoms with Gasteiger partial charge in [-0.05, 0) is 40.3 Å². The average Bonchev–Trinajstić information content (AvgIpc) is 2.50. The molecule has 1 N–H and O–H groups in total. The van der Waals surface area contributed by atoms with E-state index in [1.54, 1.807) is 6.20 Å². The molecule has 0 bridgehead atoms. The molecule has 1 aliphatic carbocycles. The maximum Gasteiger partial charge on any atom is 0.140 e. The molecule has 1 heterocycles. The first kappa shape index (κ1) is 12.2. The lowest BCUT2D eigenvalue weighted by Crippen LogP contribution is -2.31. The summed E-state index contributed by atoms with van der Waals surface area (Å²) in [5, 5.41) is 4.17. The topological polar surface area (TPSA) is 24.9 Å². The summed E-state index contributed by atoms with van der Waals surface area (Å²) in [6, 6.07) is 2.37. The van der Waals surface area contributed by atoms with Gasteiger partial charge in [-0.2, -0.15) is 0 Å². The minimum absolute atomic E-state index is 0.348. The fraction of sp³-hybridized carbons (Fsp3) is 0.583. The summed E-state index contributed by atoms with van der Waals surface area (Å²) in [5.41, 5.74) is 0.348. The molecular weight excluding hydrogens is 288 g/mol. The van der Waals surface area contributed by atoms with Crippen molar-refractivity contribution in [1.82, 2.24) is 4.98 Å². The van der Waals surface area contributed by atoms with Crippen LogP contribution >= 0.6 is 27.5 Å². The molecule has 1 saturated carbocycles. The summed E-state index contributed by atoms with van der Waals surface area (Å²) in [6.45, 7) is 4.61. The Morgan fingerprint density at radius 2 is 2.31 bits per heavy atom. The van der Waals surface area contributed by atoms with Gasteiger partial charge in [-0.1, -0.05) is 31.9 Å². The number of halogens is 2. The van der Waals surface area contributed by atoms with Gasteiger partial charge in [0.1, 0.15) is 5.82 Å². The molecule has 0 spiro atoms. The van der Waals surface area contributed by atoms with Gasteiger partial charge in [-0.25, -0.2) is 4.98 Å². The number of hydrogen-bond donors (Lipinski definition) is 1. The molecule has 0 amide bonds. The van der Waals surface area contributed by atoms with Gasteiger partial charge < -0.3 is 5.32 Å². The maximum atomic E-state index is 5.87. The lowest BCUT2D eigenvalue weighted by molar-refractivity contribution is 0.349. The van der Waals surface area contributed by atoms with Crippen LogP contribution in [0.4, 0.5) is 5.82 Å². The molecule has 2 rings (SSSR count). The van der Waals surface area contributed by atoms with E-state index in [1.165, 1.54) is 19.3 Å². The predicted octanol–water partition coefficient (Wildman–Crippen LogP) is 4.49. The van der Waals surface area contributed by atoms with Crippen LogP contribution in [0.25, 0.3) is 0 Å². The van der Waals surface area contributed by atoms with Crippen molar-refractivity contribution in [1.29, 1.82) is 0 Å². The molecule has 1 aliphatic rings. The molecular formula is C12H16BrClN2. The highest BCUT2D eigenvalue weighted by atomic mass is 79.9. The van der Waals surface area contributed by atoms with E-state index in [4.69, 9.17) is 11.6 Å². The standard InChI is InChI=1S/C12H16BrClN2/c1-12(2)5-3-4-10(12)16-11-9(13)6-8(14)7-15-11/h6-7,10H,3-5H2,1-2H3,(H,15,16). The highest BCUT2D eigenvalue weighted by molar-refractivity contribution is 9.10. The maximum absolute atomic E-state index is 5.87. The van der Waals surface area contributed by atoms with Crippen molar-refractivity contribution in [3.05, 3.63) is 21.8 Å². The Bertz CT molecular complexity index is 393. The molecule has 0 aliphatic heterocycles. The number of rotatable bonds is 2. The lowest BCUT2D eigenvalue weighted by Gasteiger charge is -2.28. The van der Waals surface area contributed by atoms with Crippen LogP contribution < -0.4 is 5.32 Å². The zero-order valence-electron chi connectivity index (χ0n) is 9.56. The van der Waals surface area contributed by atoms with Gasteiger partial charge in [-0.15, -0.1) is 0 Å². The highest BCUT2D eigenvalue weighted by Gasteiger charge is 2.34. The van der Waals surface area contributed by atoms with Crippen molar-refractivity contribution in [2.24, 2.45) is 5.41 Å². The third-order valence-corrected chi connectivity index (χ3v) is 4.19. The molecule has 1 aromatic rings. The van der Waals surface area contributed by atoms with Gasteiger partial charge in [-0.3, -0.25) is 0 Å². The Balaban J connectivity index is 2.15. The number of pyridine rings is 1. The summed E-state index contributed by atoms with van der Waals surface area (Å²) in [7, 11) is 0. The number of nitrogens with zero attached hydrogens (tertiary/aromatic N) is 1. The van der Waals surface area contributed by atoms with Gasteiger partial charge in [0.2, 0.25) is 0 Å². The van der Waals surface area contributed by atoms with Crippen LogP contribution in [0.2, 0.25) is 5.02 Å². The van der Waals surface area contributed by atoms with Gasteiger partial charge in [0.25, 0.3) is 0 Å². The Labute approximate surface area is 110 Å². The number of anilines is 1. The fourth-order valence-corrected chi connectivity index (χ4v) is 3.03. The van der Waals surface area contributed by atoms with Crippen LogP contribution in [0, 0.1) is 5.41 Å². The molecule has 1 unspecified atom stereocenters. The number of nitrogens with one attached hydrogen (secondary N) is 1. The number of aromatic nitrogens is 1. The van der Waals surface area contributed by atoms with Crippen LogP contribution in [0.15, 0.2) is 16.7 Å². The molecule has 4 heteroatoms. The Morgan fingerprint density at radius 3 is 2.88 bits per heavy atom. The van der Waals surface area contributed by atoms with Crippen molar-refractivity contribution in [3.63, 3.8) is 0 Å². The van der Waals surface area contributed by atoms with Crippen molar-refractivity contribution in [2.45, 2.75) is 39.2 Å². The molecule has 16 heavy (non-hydrogen) atoms. The molecule has 1 aromatic heterocycles. The molecule has 88 valence electrons. The van der Waals surface area contributed by atoms with Crippen LogP contribution in [0.3, 0.4) is 0 Å². The molecule has 0 radical (unpaired) electrons. The zero-order chi connectivity index (χ0) is 11.8. The molecule has 1 atom stereocenters. The summed E-state index contributed by atoms with van der Waals surface area (Å²) in [4.78, 5) is 4.32.